The van der Waals surface area contributed by atoms with Crippen molar-refractivity contribution < 1.29 is 58.2 Å². The number of carbonyl (C=O) groups excluding carboxylic acids is 1. The number of ketones is 1. The highest BCUT2D eigenvalue weighted by atomic mass is 19.2. The molecule has 35 heavy (non-hydrogen) atoms. The van der Waals surface area contributed by atoms with Gasteiger partial charge in [-0.1, -0.05) is 0 Å². The molecular formula is C22H10F10O3. The average molecular weight is 512 g/mol. The van der Waals surface area contributed by atoms with Crippen LogP contribution in [0, 0.1) is 58.2 Å². The number of Topliss-reactive ketones (excluding diaryl/α,β-unsaturated/α-hetero) is 1. The summed E-state index contributed by atoms with van der Waals surface area (Å²) in [5, 5.41) is 0. The minimum absolute atomic E-state index is 0.202. The van der Waals surface area contributed by atoms with Crippen LogP contribution in [-0.2, 0) is 13.2 Å². The molecule has 0 aliphatic heterocycles. The minimum Gasteiger partial charge on any atom is -0.489 e. The van der Waals surface area contributed by atoms with Gasteiger partial charge < -0.3 is 9.47 Å². The highest BCUT2D eigenvalue weighted by Crippen LogP contribution is 2.29. The standard InChI is InChI=1S/C22H10F10O3/c1-7(33)8-2-9(34-5-11-13(23)17(27)21(31)18(28)14(11)24)4-10(3-8)35-6-12-15(25)19(29)22(32)20(30)16(12)26/h2-4H,5-6H2,1H3. The van der Waals surface area contributed by atoms with Gasteiger partial charge in [-0.25, -0.2) is 43.9 Å². The Hall–Kier alpha value is -3.77. The largest absolute Gasteiger partial charge is 0.489 e. The third-order valence-corrected chi connectivity index (χ3v) is 4.65. The van der Waals surface area contributed by atoms with E-state index in [0.717, 1.165) is 25.1 Å². The molecule has 0 radical (unpaired) electrons. The van der Waals surface area contributed by atoms with Crippen molar-refractivity contribution in [2.45, 2.75) is 20.1 Å². The molecule has 3 aromatic rings. The first-order valence-corrected chi connectivity index (χ1v) is 9.27. The molecule has 0 aliphatic rings. The Morgan fingerprint density at radius 1 is 0.543 bits per heavy atom. The number of benzene rings is 3. The highest BCUT2D eigenvalue weighted by molar-refractivity contribution is 5.94. The van der Waals surface area contributed by atoms with E-state index >= 15 is 0 Å². The summed E-state index contributed by atoms with van der Waals surface area (Å²) in [4.78, 5) is 11.7. The van der Waals surface area contributed by atoms with Crippen molar-refractivity contribution in [1.82, 2.24) is 0 Å². The van der Waals surface area contributed by atoms with Crippen molar-refractivity contribution in [3.63, 3.8) is 0 Å². The average Bonchev–Trinajstić information content (AvgIpc) is 2.83. The lowest BCUT2D eigenvalue weighted by atomic mass is 10.1. The van der Waals surface area contributed by atoms with Gasteiger partial charge in [0.25, 0.3) is 0 Å². The summed E-state index contributed by atoms with van der Waals surface area (Å²) in [6, 6.07) is 2.85. The van der Waals surface area contributed by atoms with Gasteiger partial charge in [-0.05, 0) is 19.1 Å². The number of carbonyl (C=O) groups is 1. The topological polar surface area (TPSA) is 35.5 Å². The van der Waals surface area contributed by atoms with Gasteiger partial charge in [0.05, 0.1) is 11.1 Å². The van der Waals surface area contributed by atoms with Crippen LogP contribution in [0.5, 0.6) is 11.5 Å². The molecule has 0 amide bonds. The maximum absolute atomic E-state index is 13.8. The van der Waals surface area contributed by atoms with Crippen molar-refractivity contribution in [2.75, 3.05) is 0 Å². The Labute approximate surface area is 189 Å². The van der Waals surface area contributed by atoms with Gasteiger partial charge in [-0.2, -0.15) is 0 Å². The Morgan fingerprint density at radius 3 is 1.11 bits per heavy atom. The summed E-state index contributed by atoms with van der Waals surface area (Å²) >= 11 is 0. The molecule has 0 saturated heterocycles. The van der Waals surface area contributed by atoms with Crippen LogP contribution in [-0.4, -0.2) is 5.78 Å². The second-order valence-corrected chi connectivity index (χ2v) is 6.92. The Kier molecular flexibility index (Phi) is 7.27. The number of rotatable bonds is 7. The van der Waals surface area contributed by atoms with Crippen LogP contribution in [0.4, 0.5) is 43.9 Å². The number of halogens is 10. The summed E-state index contributed by atoms with van der Waals surface area (Å²) in [6.45, 7) is -1.36. The fourth-order valence-electron chi connectivity index (χ4n) is 2.81. The smallest absolute Gasteiger partial charge is 0.200 e. The van der Waals surface area contributed by atoms with Crippen LogP contribution in [0.25, 0.3) is 0 Å². The quantitative estimate of drug-likeness (QED) is 0.158. The van der Waals surface area contributed by atoms with Crippen LogP contribution in [0.3, 0.4) is 0 Å². The summed E-state index contributed by atoms with van der Waals surface area (Å²) in [6.07, 6.45) is 0. The first kappa shape index (κ1) is 25.8. The summed E-state index contributed by atoms with van der Waals surface area (Å²) in [5.41, 5.74) is -2.87. The van der Waals surface area contributed by atoms with Crippen LogP contribution >= 0.6 is 0 Å². The Morgan fingerprint density at radius 2 is 0.829 bits per heavy atom. The van der Waals surface area contributed by atoms with E-state index in [-0.39, 0.29) is 5.56 Å². The number of hydrogen-bond acceptors (Lipinski definition) is 3. The molecule has 13 heteroatoms. The second kappa shape index (κ2) is 9.84. The third-order valence-electron chi connectivity index (χ3n) is 4.65. The van der Waals surface area contributed by atoms with Gasteiger partial charge in [-0.15, -0.1) is 0 Å². The Balaban J connectivity index is 1.91. The van der Waals surface area contributed by atoms with Gasteiger partial charge in [0.2, 0.25) is 11.6 Å². The van der Waals surface area contributed by atoms with Gasteiger partial charge in [0.1, 0.15) is 24.7 Å². The lowest BCUT2D eigenvalue weighted by Gasteiger charge is -2.14. The Bertz CT molecular complexity index is 1190. The fraction of sp³-hybridized carbons (Fsp3) is 0.136. The molecule has 0 unspecified atom stereocenters. The number of ether oxygens (including phenoxy) is 2. The molecule has 0 aliphatic carbocycles. The summed E-state index contributed by atoms with van der Waals surface area (Å²) in [5.74, 6) is -23.8. The third kappa shape index (κ3) is 4.88. The zero-order chi connectivity index (χ0) is 26.2. The molecular weight excluding hydrogens is 502 g/mol. The van der Waals surface area contributed by atoms with Gasteiger partial charge in [0.15, 0.2) is 52.3 Å². The number of hydrogen-bond donors (Lipinski definition) is 0. The van der Waals surface area contributed by atoms with Gasteiger partial charge >= 0.3 is 0 Å². The van der Waals surface area contributed by atoms with E-state index in [4.69, 9.17) is 9.47 Å². The lowest BCUT2D eigenvalue weighted by molar-refractivity contribution is 0.101. The molecule has 0 saturated carbocycles. The van der Waals surface area contributed by atoms with E-state index < -0.39 is 99.8 Å². The maximum Gasteiger partial charge on any atom is 0.200 e. The van der Waals surface area contributed by atoms with Crippen molar-refractivity contribution in [3.05, 3.63) is 93.1 Å². The normalized spacial score (nSPS) is 11.1. The summed E-state index contributed by atoms with van der Waals surface area (Å²) in [7, 11) is 0. The van der Waals surface area contributed by atoms with Crippen LogP contribution in [0.15, 0.2) is 18.2 Å². The molecule has 3 nitrogen and oxygen atoms in total. The molecule has 0 heterocycles. The molecule has 0 N–H and O–H groups in total. The van der Waals surface area contributed by atoms with Crippen molar-refractivity contribution >= 4 is 5.78 Å². The fourth-order valence-corrected chi connectivity index (χ4v) is 2.81. The zero-order valence-electron chi connectivity index (χ0n) is 17.2. The molecule has 0 atom stereocenters. The van der Waals surface area contributed by atoms with E-state index in [0.29, 0.717) is 0 Å². The zero-order valence-corrected chi connectivity index (χ0v) is 17.2. The SMILES string of the molecule is CC(=O)c1cc(OCc2c(F)c(F)c(F)c(F)c2F)cc(OCc2c(F)c(F)c(F)c(F)c2F)c1. The minimum atomic E-state index is -2.38. The van der Waals surface area contributed by atoms with E-state index in [1.165, 1.54) is 0 Å². The predicted molar refractivity (Wildman–Crippen MR) is 97.6 cm³/mol. The van der Waals surface area contributed by atoms with E-state index in [1.807, 2.05) is 0 Å². The lowest BCUT2D eigenvalue weighted by Crippen LogP contribution is -2.11. The van der Waals surface area contributed by atoms with Crippen molar-refractivity contribution in [3.8, 4) is 11.5 Å². The monoisotopic (exact) mass is 512 g/mol. The van der Waals surface area contributed by atoms with Crippen LogP contribution in [0.1, 0.15) is 28.4 Å². The van der Waals surface area contributed by atoms with Crippen LogP contribution in [0.2, 0.25) is 0 Å². The van der Waals surface area contributed by atoms with Gasteiger partial charge in [0, 0.05) is 11.6 Å². The first-order chi connectivity index (χ1) is 16.3. The highest BCUT2D eigenvalue weighted by Gasteiger charge is 2.27. The van der Waals surface area contributed by atoms with E-state index in [2.05, 4.69) is 0 Å². The molecule has 0 bridgehead atoms. The van der Waals surface area contributed by atoms with E-state index in [9.17, 15) is 48.7 Å². The maximum atomic E-state index is 13.8. The molecule has 3 aromatic carbocycles. The summed E-state index contributed by atoms with van der Waals surface area (Å²) < 4.78 is 145. The molecule has 0 fully saturated rings. The van der Waals surface area contributed by atoms with Gasteiger partial charge in [-0.3, -0.25) is 4.79 Å². The van der Waals surface area contributed by atoms with Crippen LogP contribution < -0.4 is 9.47 Å². The molecule has 0 aromatic heterocycles. The predicted octanol–water partition coefficient (Wildman–Crippen LogP) is 6.44. The second-order valence-electron chi connectivity index (χ2n) is 6.92. The molecule has 0 spiro atoms. The molecule has 186 valence electrons. The van der Waals surface area contributed by atoms with Crippen molar-refractivity contribution in [2.24, 2.45) is 0 Å². The van der Waals surface area contributed by atoms with Crippen molar-refractivity contribution in [1.29, 1.82) is 0 Å². The molecule has 3 rings (SSSR count). The van der Waals surface area contributed by atoms with E-state index in [1.54, 1.807) is 0 Å². The first-order valence-electron chi connectivity index (χ1n) is 9.27.